The van der Waals surface area contributed by atoms with Crippen LogP contribution in [0.25, 0.3) is 0 Å². The molecule has 0 heterocycles. The van der Waals surface area contributed by atoms with Crippen molar-refractivity contribution in [2.75, 3.05) is 7.11 Å². The Bertz CT molecular complexity index is 389. The number of halogens is 2. The molecule has 16 heavy (non-hydrogen) atoms. The number of hydrogen-bond acceptors (Lipinski definition) is 2. The minimum absolute atomic E-state index is 0.0971. The van der Waals surface area contributed by atoms with Crippen LogP contribution in [-0.2, 0) is 4.74 Å². The average molecular weight is 228 g/mol. The Kier molecular flexibility index (Phi) is 4.12. The van der Waals surface area contributed by atoms with Gasteiger partial charge in [-0.3, -0.25) is 4.79 Å². The van der Waals surface area contributed by atoms with Gasteiger partial charge in [-0.15, -0.1) is 0 Å². The third-order valence-corrected chi connectivity index (χ3v) is 2.31. The molecule has 0 bridgehead atoms. The van der Waals surface area contributed by atoms with E-state index in [9.17, 15) is 13.6 Å². The molecule has 0 aromatic heterocycles. The molecule has 0 aliphatic rings. The highest BCUT2D eigenvalue weighted by Crippen LogP contribution is 2.17. The van der Waals surface area contributed by atoms with E-state index in [0.29, 0.717) is 0 Å². The van der Waals surface area contributed by atoms with Crippen molar-refractivity contribution in [3.8, 4) is 0 Å². The molecule has 0 N–H and O–H groups in total. The molecule has 0 aliphatic carbocycles. The van der Waals surface area contributed by atoms with E-state index in [1.165, 1.54) is 7.11 Å². The zero-order chi connectivity index (χ0) is 12.3. The zero-order valence-electron chi connectivity index (χ0n) is 9.46. The van der Waals surface area contributed by atoms with Crippen molar-refractivity contribution < 1.29 is 18.3 Å². The van der Waals surface area contributed by atoms with Gasteiger partial charge < -0.3 is 4.74 Å². The second-order valence-corrected chi connectivity index (χ2v) is 3.89. The molecule has 0 spiro atoms. The average Bonchev–Trinajstić information content (AvgIpc) is 2.22. The molecule has 1 aromatic carbocycles. The lowest BCUT2D eigenvalue weighted by atomic mass is 9.97. The summed E-state index contributed by atoms with van der Waals surface area (Å²) in [6.07, 6.45) is -0.753. The van der Waals surface area contributed by atoms with Crippen LogP contribution in [0.3, 0.4) is 0 Å². The molecule has 0 saturated heterocycles. The van der Waals surface area contributed by atoms with E-state index in [4.69, 9.17) is 4.74 Å². The Labute approximate surface area is 93.2 Å². The largest absolute Gasteiger partial charge is 0.373 e. The maximum absolute atomic E-state index is 13.3. The van der Waals surface area contributed by atoms with Gasteiger partial charge in [-0.05, 0) is 24.1 Å². The van der Waals surface area contributed by atoms with Crippen molar-refractivity contribution in [3.63, 3.8) is 0 Å². The smallest absolute Gasteiger partial charge is 0.194 e. The predicted octanol–water partition coefficient (Wildman–Crippen LogP) is 2.82. The number of carbonyl (C=O) groups excluding carboxylic acids is 1. The quantitative estimate of drug-likeness (QED) is 0.741. The van der Waals surface area contributed by atoms with Crippen LogP contribution in [0.2, 0.25) is 0 Å². The first-order valence-electron chi connectivity index (χ1n) is 4.99. The van der Waals surface area contributed by atoms with Gasteiger partial charge in [-0.2, -0.15) is 0 Å². The maximum atomic E-state index is 13.3. The highest BCUT2D eigenvalue weighted by Gasteiger charge is 2.25. The SMILES string of the molecule is COC(C(=O)c1cc(F)ccc1F)C(C)C. The summed E-state index contributed by atoms with van der Waals surface area (Å²) in [5.74, 6) is -1.99. The van der Waals surface area contributed by atoms with Gasteiger partial charge in [0.1, 0.15) is 17.7 Å². The number of hydrogen-bond donors (Lipinski definition) is 0. The molecular formula is C12H14F2O2. The van der Waals surface area contributed by atoms with Gasteiger partial charge in [-0.25, -0.2) is 8.78 Å². The van der Waals surface area contributed by atoms with Gasteiger partial charge in [0, 0.05) is 7.11 Å². The second kappa shape index (κ2) is 5.16. The van der Waals surface area contributed by atoms with Crippen LogP contribution in [-0.4, -0.2) is 19.0 Å². The fourth-order valence-electron chi connectivity index (χ4n) is 1.52. The summed E-state index contributed by atoms with van der Waals surface area (Å²) < 4.78 is 31.2. The molecule has 0 amide bonds. The molecule has 0 radical (unpaired) electrons. The van der Waals surface area contributed by atoms with Crippen LogP contribution in [0.5, 0.6) is 0 Å². The third kappa shape index (κ3) is 2.64. The lowest BCUT2D eigenvalue weighted by molar-refractivity contribution is 0.0454. The highest BCUT2D eigenvalue weighted by atomic mass is 19.1. The molecular weight excluding hydrogens is 214 g/mol. The van der Waals surface area contributed by atoms with Gasteiger partial charge in [0.25, 0.3) is 0 Å². The van der Waals surface area contributed by atoms with Crippen LogP contribution in [0.1, 0.15) is 24.2 Å². The van der Waals surface area contributed by atoms with Crippen molar-refractivity contribution in [2.24, 2.45) is 5.92 Å². The maximum Gasteiger partial charge on any atom is 0.194 e. The molecule has 88 valence electrons. The second-order valence-electron chi connectivity index (χ2n) is 3.89. The topological polar surface area (TPSA) is 26.3 Å². The third-order valence-electron chi connectivity index (χ3n) is 2.31. The summed E-state index contributed by atoms with van der Waals surface area (Å²) in [5.41, 5.74) is -0.263. The highest BCUT2D eigenvalue weighted by molar-refractivity contribution is 5.99. The Balaban J connectivity index is 3.08. The van der Waals surface area contributed by atoms with Crippen molar-refractivity contribution in [1.29, 1.82) is 0 Å². The van der Waals surface area contributed by atoms with Gasteiger partial charge in [0.2, 0.25) is 0 Å². The summed E-state index contributed by atoms with van der Waals surface area (Å²) in [6.45, 7) is 3.56. The molecule has 1 atom stereocenters. The summed E-state index contributed by atoms with van der Waals surface area (Å²) >= 11 is 0. The van der Waals surface area contributed by atoms with Gasteiger partial charge >= 0.3 is 0 Å². The minimum Gasteiger partial charge on any atom is -0.373 e. The zero-order valence-corrected chi connectivity index (χ0v) is 9.46. The van der Waals surface area contributed by atoms with E-state index >= 15 is 0 Å². The lowest BCUT2D eigenvalue weighted by Crippen LogP contribution is -2.29. The standard InChI is InChI=1S/C12H14F2O2/c1-7(2)12(16-3)11(15)9-6-8(13)4-5-10(9)14/h4-7,12H,1-3H3. The Morgan fingerprint density at radius 1 is 1.31 bits per heavy atom. The van der Waals surface area contributed by atoms with Crippen LogP contribution < -0.4 is 0 Å². The number of ether oxygens (including phenoxy) is 1. The number of rotatable bonds is 4. The van der Waals surface area contributed by atoms with Gasteiger partial charge in [-0.1, -0.05) is 13.8 Å². The van der Waals surface area contributed by atoms with Crippen molar-refractivity contribution in [2.45, 2.75) is 20.0 Å². The summed E-state index contributed by atoms with van der Waals surface area (Å²) in [5, 5.41) is 0. The lowest BCUT2D eigenvalue weighted by Gasteiger charge is -2.18. The first kappa shape index (κ1) is 12.8. The molecule has 0 fully saturated rings. The Morgan fingerprint density at radius 2 is 1.94 bits per heavy atom. The van der Waals surface area contributed by atoms with Gasteiger partial charge in [0.05, 0.1) is 5.56 Å². The van der Waals surface area contributed by atoms with E-state index in [2.05, 4.69) is 0 Å². The molecule has 0 saturated carbocycles. The molecule has 1 aromatic rings. The number of methoxy groups -OCH3 is 1. The summed E-state index contributed by atoms with van der Waals surface area (Å²) in [7, 11) is 1.37. The number of ketones is 1. The van der Waals surface area contributed by atoms with Crippen molar-refractivity contribution in [3.05, 3.63) is 35.4 Å². The van der Waals surface area contributed by atoms with Crippen molar-refractivity contribution >= 4 is 5.78 Å². The van der Waals surface area contributed by atoms with Crippen LogP contribution in [0.15, 0.2) is 18.2 Å². The van der Waals surface area contributed by atoms with Crippen LogP contribution >= 0.6 is 0 Å². The van der Waals surface area contributed by atoms with E-state index in [1.54, 1.807) is 13.8 Å². The number of Topliss-reactive ketones (excluding diaryl/α,β-unsaturated/α-hetero) is 1. The number of carbonyl (C=O) groups is 1. The first-order valence-corrected chi connectivity index (χ1v) is 4.99. The Hall–Kier alpha value is -1.29. The van der Waals surface area contributed by atoms with E-state index < -0.39 is 23.5 Å². The minimum atomic E-state index is -0.753. The van der Waals surface area contributed by atoms with Crippen molar-refractivity contribution in [1.82, 2.24) is 0 Å². The fourth-order valence-corrected chi connectivity index (χ4v) is 1.52. The van der Waals surface area contributed by atoms with Gasteiger partial charge in [0.15, 0.2) is 5.78 Å². The molecule has 1 unspecified atom stereocenters. The summed E-state index contributed by atoms with van der Waals surface area (Å²) in [6, 6.07) is 2.81. The van der Waals surface area contributed by atoms with E-state index in [0.717, 1.165) is 18.2 Å². The van der Waals surface area contributed by atoms with Crippen LogP contribution in [0, 0.1) is 17.6 Å². The normalized spacial score (nSPS) is 12.9. The first-order chi connectivity index (χ1) is 7.47. The summed E-state index contributed by atoms with van der Waals surface area (Å²) in [4.78, 5) is 11.9. The molecule has 4 heteroatoms. The number of benzene rings is 1. The molecule has 1 rings (SSSR count). The molecule has 0 aliphatic heterocycles. The Morgan fingerprint density at radius 3 is 2.44 bits per heavy atom. The molecule has 2 nitrogen and oxygen atoms in total. The van der Waals surface area contributed by atoms with E-state index in [-0.39, 0.29) is 11.5 Å². The van der Waals surface area contributed by atoms with Crippen LogP contribution in [0.4, 0.5) is 8.78 Å². The predicted molar refractivity (Wildman–Crippen MR) is 56.3 cm³/mol. The van der Waals surface area contributed by atoms with E-state index in [1.807, 2.05) is 0 Å². The monoisotopic (exact) mass is 228 g/mol. The fraction of sp³-hybridized carbons (Fsp3) is 0.417.